The predicted octanol–water partition coefficient (Wildman–Crippen LogP) is 3.03. The second-order valence-corrected chi connectivity index (χ2v) is 6.39. The number of halogens is 2. The Kier molecular flexibility index (Phi) is 6.48. The maximum atomic E-state index is 13.8. The van der Waals surface area contributed by atoms with Crippen molar-refractivity contribution < 1.29 is 18.7 Å². The molecular weight excluding hydrogens is 415 g/mol. The molecule has 0 fully saturated rings. The minimum absolute atomic E-state index is 0.0705. The number of benzene rings is 1. The number of anilines is 1. The van der Waals surface area contributed by atoms with Crippen LogP contribution in [0.5, 0.6) is 5.88 Å². The Morgan fingerprint density at radius 2 is 2.24 bits per heavy atom. The molecule has 0 spiro atoms. The molecule has 4 N–H and O–H groups in total. The number of carbonyl (C=O) groups is 2. The molecule has 3 amide bonds. The lowest BCUT2D eigenvalue weighted by molar-refractivity contribution is 0.0996. The molecule has 2 rings (SSSR count). The van der Waals surface area contributed by atoms with Gasteiger partial charge in [-0.15, -0.1) is 6.58 Å². The SMILES string of the molecule is C=CCNC(=O)Nc1snc(OCc2ccc(Br)cc2F)c1C(N)=O. The van der Waals surface area contributed by atoms with Crippen LogP contribution in [0.1, 0.15) is 15.9 Å². The zero-order chi connectivity index (χ0) is 18.4. The van der Waals surface area contributed by atoms with Gasteiger partial charge >= 0.3 is 6.03 Å². The summed E-state index contributed by atoms with van der Waals surface area (Å²) in [6.45, 7) is 3.58. The first-order valence-corrected chi connectivity index (χ1v) is 8.51. The van der Waals surface area contributed by atoms with Crippen LogP contribution in [0.4, 0.5) is 14.2 Å². The van der Waals surface area contributed by atoms with E-state index in [1.165, 1.54) is 18.2 Å². The predicted molar refractivity (Wildman–Crippen MR) is 96.3 cm³/mol. The number of hydrogen-bond acceptors (Lipinski definition) is 5. The first-order valence-electron chi connectivity index (χ1n) is 6.94. The normalized spacial score (nSPS) is 10.2. The molecule has 0 bridgehead atoms. The van der Waals surface area contributed by atoms with Gasteiger partial charge in [-0.2, -0.15) is 4.37 Å². The number of hydrogen-bond donors (Lipinski definition) is 3. The van der Waals surface area contributed by atoms with Gasteiger partial charge in [0.15, 0.2) is 0 Å². The smallest absolute Gasteiger partial charge is 0.320 e. The lowest BCUT2D eigenvalue weighted by atomic mass is 10.2. The van der Waals surface area contributed by atoms with Gasteiger partial charge in [-0.05, 0) is 23.7 Å². The van der Waals surface area contributed by atoms with Crippen LogP contribution in [0.2, 0.25) is 0 Å². The van der Waals surface area contributed by atoms with E-state index in [0.717, 1.165) is 11.5 Å². The van der Waals surface area contributed by atoms with Crippen molar-refractivity contribution in [3.05, 3.63) is 52.3 Å². The topological polar surface area (TPSA) is 106 Å². The molecule has 0 aliphatic rings. The van der Waals surface area contributed by atoms with Crippen molar-refractivity contribution in [1.29, 1.82) is 0 Å². The van der Waals surface area contributed by atoms with E-state index in [1.807, 2.05) is 0 Å². The number of aromatic nitrogens is 1. The number of ether oxygens (including phenoxy) is 1. The Hall–Kier alpha value is -2.46. The molecule has 2 aromatic rings. The van der Waals surface area contributed by atoms with Crippen LogP contribution >= 0.6 is 27.5 Å². The molecule has 0 aliphatic heterocycles. The van der Waals surface area contributed by atoms with E-state index in [2.05, 4.69) is 37.5 Å². The number of nitrogens with one attached hydrogen (secondary N) is 2. The van der Waals surface area contributed by atoms with Crippen molar-refractivity contribution in [2.45, 2.75) is 6.61 Å². The van der Waals surface area contributed by atoms with Gasteiger partial charge in [0.2, 0.25) is 5.88 Å². The number of urea groups is 1. The molecule has 25 heavy (non-hydrogen) atoms. The third-order valence-electron chi connectivity index (χ3n) is 2.92. The van der Waals surface area contributed by atoms with Crippen LogP contribution in [-0.2, 0) is 6.61 Å². The largest absolute Gasteiger partial charge is 0.471 e. The van der Waals surface area contributed by atoms with Gasteiger partial charge in [0.25, 0.3) is 5.91 Å². The Morgan fingerprint density at radius 1 is 1.48 bits per heavy atom. The number of primary amides is 1. The molecule has 0 radical (unpaired) electrons. The summed E-state index contributed by atoms with van der Waals surface area (Å²) < 4.78 is 23.8. The van der Waals surface area contributed by atoms with Crippen LogP contribution in [0, 0.1) is 5.82 Å². The second-order valence-electron chi connectivity index (χ2n) is 4.70. The molecule has 1 aromatic heterocycles. The van der Waals surface area contributed by atoms with Crippen molar-refractivity contribution in [2.24, 2.45) is 5.73 Å². The van der Waals surface area contributed by atoms with Gasteiger partial charge in [-0.1, -0.05) is 28.1 Å². The summed E-state index contributed by atoms with van der Waals surface area (Å²) in [7, 11) is 0. The highest BCUT2D eigenvalue weighted by atomic mass is 79.9. The molecular formula is C15H14BrFN4O3S. The summed E-state index contributed by atoms with van der Waals surface area (Å²) in [5.74, 6) is -1.36. The lowest BCUT2D eigenvalue weighted by Crippen LogP contribution is -2.29. The Bertz CT molecular complexity index is 812. The van der Waals surface area contributed by atoms with Crippen LogP contribution in [0.3, 0.4) is 0 Å². The molecule has 132 valence electrons. The van der Waals surface area contributed by atoms with Gasteiger partial charge in [0.05, 0.1) is 0 Å². The second kappa shape index (κ2) is 8.58. The molecule has 7 nitrogen and oxygen atoms in total. The fraction of sp³-hybridized carbons (Fsp3) is 0.133. The van der Waals surface area contributed by atoms with E-state index >= 15 is 0 Å². The Morgan fingerprint density at radius 3 is 2.88 bits per heavy atom. The standard InChI is InChI=1S/C15H14BrFN4O3S/c1-2-5-19-15(23)20-14-11(12(18)22)13(21-25-14)24-7-8-3-4-9(16)6-10(8)17/h2-4,6H,1,5,7H2,(H2,18,22)(H2,19,20,23). The fourth-order valence-corrected chi connectivity index (χ4v) is 2.84. The molecule has 0 saturated carbocycles. The average Bonchev–Trinajstić information content (AvgIpc) is 2.94. The Labute approximate surface area is 155 Å². The third-order valence-corrected chi connectivity index (χ3v) is 4.16. The minimum Gasteiger partial charge on any atom is -0.471 e. The number of amides is 3. The summed E-state index contributed by atoms with van der Waals surface area (Å²) in [4.78, 5) is 23.3. The lowest BCUT2D eigenvalue weighted by Gasteiger charge is -2.07. The number of nitrogens with zero attached hydrogens (tertiary/aromatic N) is 1. The fourth-order valence-electron chi connectivity index (χ4n) is 1.77. The maximum absolute atomic E-state index is 13.8. The molecule has 0 saturated heterocycles. The summed E-state index contributed by atoms with van der Waals surface area (Å²) in [5.41, 5.74) is 5.54. The minimum atomic E-state index is -0.820. The number of rotatable bonds is 7. The van der Waals surface area contributed by atoms with Crippen LogP contribution < -0.4 is 21.1 Å². The molecule has 0 aliphatic carbocycles. The summed E-state index contributed by atoms with van der Waals surface area (Å²) in [5, 5.41) is 5.09. The maximum Gasteiger partial charge on any atom is 0.320 e. The highest BCUT2D eigenvalue weighted by molar-refractivity contribution is 9.10. The quantitative estimate of drug-likeness (QED) is 0.589. The van der Waals surface area contributed by atoms with Crippen LogP contribution in [0.25, 0.3) is 0 Å². The molecule has 1 aromatic carbocycles. The Balaban J connectivity index is 2.14. The average molecular weight is 429 g/mol. The summed E-state index contributed by atoms with van der Waals surface area (Å²) in [6, 6.07) is 3.95. The van der Waals surface area contributed by atoms with E-state index in [4.69, 9.17) is 10.5 Å². The molecule has 1 heterocycles. The number of nitrogens with two attached hydrogens (primary N) is 1. The zero-order valence-electron chi connectivity index (χ0n) is 12.8. The van der Waals surface area contributed by atoms with E-state index < -0.39 is 17.8 Å². The van der Waals surface area contributed by atoms with Crippen molar-refractivity contribution in [2.75, 3.05) is 11.9 Å². The summed E-state index contributed by atoms with van der Waals surface area (Å²) in [6.07, 6.45) is 1.50. The number of carbonyl (C=O) groups excluding carboxylic acids is 2. The monoisotopic (exact) mass is 428 g/mol. The van der Waals surface area contributed by atoms with Crippen molar-refractivity contribution in [1.82, 2.24) is 9.69 Å². The third kappa shape index (κ3) is 5.00. The highest BCUT2D eigenvalue weighted by Crippen LogP contribution is 2.31. The first-order chi connectivity index (χ1) is 11.9. The van der Waals surface area contributed by atoms with Gasteiger partial charge in [0, 0.05) is 16.6 Å². The van der Waals surface area contributed by atoms with Crippen LogP contribution in [-0.4, -0.2) is 22.9 Å². The summed E-state index contributed by atoms with van der Waals surface area (Å²) >= 11 is 4.00. The van der Waals surface area contributed by atoms with Gasteiger partial charge in [-0.3, -0.25) is 10.1 Å². The van der Waals surface area contributed by atoms with E-state index in [0.29, 0.717) is 4.47 Å². The van der Waals surface area contributed by atoms with Crippen molar-refractivity contribution in [3.8, 4) is 5.88 Å². The van der Waals surface area contributed by atoms with Gasteiger partial charge in [-0.25, -0.2) is 9.18 Å². The molecule has 0 atom stereocenters. The zero-order valence-corrected chi connectivity index (χ0v) is 15.2. The highest BCUT2D eigenvalue weighted by Gasteiger charge is 2.22. The molecule has 0 unspecified atom stereocenters. The van der Waals surface area contributed by atoms with Crippen LogP contribution in [0.15, 0.2) is 35.3 Å². The van der Waals surface area contributed by atoms with E-state index in [-0.39, 0.29) is 35.2 Å². The first kappa shape index (κ1) is 18.9. The van der Waals surface area contributed by atoms with Gasteiger partial charge < -0.3 is 15.8 Å². The van der Waals surface area contributed by atoms with Crippen molar-refractivity contribution in [3.63, 3.8) is 0 Å². The molecule has 10 heteroatoms. The van der Waals surface area contributed by atoms with E-state index in [1.54, 1.807) is 6.07 Å². The van der Waals surface area contributed by atoms with E-state index in [9.17, 15) is 14.0 Å². The van der Waals surface area contributed by atoms with Crippen molar-refractivity contribution >= 4 is 44.4 Å². The van der Waals surface area contributed by atoms with Gasteiger partial charge in [0.1, 0.15) is 23.0 Å².